The topological polar surface area (TPSA) is 268 Å². The third kappa shape index (κ3) is 8.46. The Morgan fingerprint density at radius 2 is 1.25 bits per heavy atom. The van der Waals surface area contributed by atoms with Crippen LogP contribution in [0.25, 0.3) is 16.5 Å². The number of primary sulfonamides is 2. The molecule has 262 valence electrons. The van der Waals surface area contributed by atoms with Gasteiger partial charge in [0, 0.05) is 10.4 Å². The molecule has 16 nitrogen and oxygen atoms in total. The van der Waals surface area contributed by atoms with E-state index in [1.54, 1.807) is 25.1 Å². The largest absolute Gasteiger partial charge is 0.506 e. The fourth-order valence-corrected chi connectivity index (χ4v) is 5.78. The molecule has 0 saturated carbocycles. The van der Waals surface area contributed by atoms with E-state index in [1.165, 1.54) is 54.6 Å². The van der Waals surface area contributed by atoms with Crippen LogP contribution in [0.5, 0.6) is 17.2 Å². The molecule has 0 atom stereocenters. The molecule has 51 heavy (non-hydrogen) atoms. The molecule has 8 N–H and O–H groups in total. The summed E-state index contributed by atoms with van der Waals surface area (Å²) in [5.41, 5.74) is 0.348. The predicted octanol–water partition coefficient (Wildman–Crippen LogP) is 6.21. The van der Waals surface area contributed by atoms with E-state index in [9.17, 15) is 36.9 Å². The van der Waals surface area contributed by atoms with Crippen LogP contribution in [0.2, 0.25) is 5.02 Å². The Morgan fingerprint density at radius 1 is 0.667 bits per heavy atom. The van der Waals surface area contributed by atoms with Crippen LogP contribution in [-0.2, 0) is 20.0 Å². The Kier molecular flexibility index (Phi) is 10.3. The molecule has 5 aromatic carbocycles. The first-order chi connectivity index (χ1) is 24.0. The van der Waals surface area contributed by atoms with Gasteiger partial charge < -0.3 is 15.3 Å². The summed E-state index contributed by atoms with van der Waals surface area (Å²) in [5.74, 6) is -0.483. The molecule has 0 unspecified atom stereocenters. The van der Waals surface area contributed by atoms with E-state index in [0.717, 1.165) is 22.2 Å². The smallest absolute Gasteiger partial charge is 0.299 e. The number of phenols is 3. The second-order valence-corrected chi connectivity index (χ2v) is 14.2. The monoisotopic (exact) mass is 750 g/mol. The van der Waals surface area contributed by atoms with Crippen molar-refractivity contribution in [2.75, 3.05) is 0 Å². The second kappa shape index (κ2) is 14.5. The van der Waals surface area contributed by atoms with Gasteiger partial charge in [0.25, 0.3) is 5.56 Å². The molecular weight excluding hydrogens is 724 g/mol. The highest BCUT2D eigenvalue weighted by molar-refractivity contribution is 7.89. The number of hydrogen-bond acceptors (Lipinski definition) is 12. The first-order valence-electron chi connectivity index (χ1n) is 14.4. The average molecular weight is 751 g/mol. The van der Waals surface area contributed by atoms with Gasteiger partial charge in [-0.25, -0.2) is 31.8 Å². The second-order valence-electron chi connectivity index (χ2n) is 10.7. The number of benzene rings is 5. The van der Waals surface area contributed by atoms with Gasteiger partial charge in [0.2, 0.25) is 20.0 Å². The lowest BCUT2D eigenvalue weighted by Crippen LogP contribution is -2.16. The van der Waals surface area contributed by atoms with Gasteiger partial charge in [-0.05, 0) is 73.0 Å². The van der Waals surface area contributed by atoms with E-state index < -0.39 is 25.6 Å². The van der Waals surface area contributed by atoms with Gasteiger partial charge >= 0.3 is 0 Å². The summed E-state index contributed by atoms with van der Waals surface area (Å²) in [4.78, 5) is 12.3. The molecule has 0 radical (unpaired) electrons. The first kappa shape index (κ1) is 36.4. The lowest BCUT2D eigenvalue weighted by atomic mass is 10.1. The van der Waals surface area contributed by atoms with Gasteiger partial charge in [-0.15, -0.1) is 20.5 Å². The number of H-pyrrole nitrogens is 1. The van der Waals surface area contributed by atoms with Crippen LogP contribution >= 0.6 is 11.6 Å². The molecule has 0 amide bonds. The zero-order valence-corrected chi connectivity index (χ0v) is 28.6. The molecule has 0 spiro atoms. The third-order valence-electron chi connectivity index (χ3n) is 7.05. The van der Waals surface area contributed by atoms with Crippen LogP contribution in [0.4, 0.5) is 22.7 Å². The lowest BCUT2D eigenvalue weighted by molar-refractivity contribution is 0.474. The number of fused-ring (bicyclic) bond motifs is 1. The Bertz CT molecular complexity index is 2640. The quantitative estimate of drug-likeness (QED) is 0.102. The fourth-order valence-electron chi connectivity index (χ4n) is 4.53. The maximum Gasteiger partial charge on any atom is 0.299 e. The number of aryl methyl sites for hydroxylation is 1. The van der Waals surface area contributed by atoms with Crippen LogP contribution < -0.4 is 15.8 Å². The summed E-state index contributed by atoms with van der Waals surface area (Å²) in [5, 5.41) is 60.0. The van der Waals surface area contributed by atoms with E-state index in [0.29, 0.717) is 16.1 Å². The van der Waals surface area contributed by atoms with E-state index in [2.05, 4.69) is 25.6 Å². The summed E-state index contributed by atoms with van der Waals surface area (Å²) in [6, 6.07) is 23.7. The van der Waals surface area contributed by atoms with Crippen LogP contribution in [0.1, 0.15) is 5.69 Å². The number of halogens is 1. The number of azo groups is 2. The summed E-state index contributed by atoms with van der Waals surface area (Å²) in [6.07, 6.45) is 0. The van der Waals surface area contributed by atoms with E-state index >= 15 is 0 Å². The predicted molar refractivity (Wildman–Crippen MR) is 189 cm³/mol. The Hall–Kier alpha value is -5.92. The van der Waals surface area contributed by atoms with Crippen molar-refractivity contribution in [2.45, 2.75) is 16.7 Å². The van der Waals surface area contributed by atoms with Gasteiger partial charge in [0.05, 0.1) is 21.2 Å². The summed E-state index contributed by atoms with van der Waals surface area (Å²) in [6.45, 7) is 1.60. The zero-order valence-electron chi connectivity index (χ0n) is 26.2. The fraction of sp³-hybridized carbons (Fsp3) is 0.0312. The SMILES string of the molecule is Cc1[nH]n(-c2cccc(S(N)(=O)=O)c2)c(=O)c1N=Nc1cc(Cl)ccc1O.NS(=O)(=O)c1ccc(O)c(N=Nc2c(O)ccc3ccccc23)c1. The lowest BCUT2D eigenvalue weighted by Gasteiger charge is -2.04. The number of nitrogens with zero attached hydrogens (tertiary/aromatic N) is 5. The van der Waals surface area contributed by atoms with Crippen molar-refractivity contribution < 1.29 is 32.2 Å². The number of aromatic hydroxyl groups is 3. The maximum atomic E-state index is 12.6. The number of sulfonamides is 2. The number of rotatable bonds is 7. The van der Waals surface area contributed by atoms with E-state index in [-0.39, 0.29) is 55.5 Å². The maximum absolute atomic E-state index is 12.6. The van der Waals surface area contributed by atoms with Crippen molar-refractivity contribution in [3.05, 3.63) is 118 Å². The number of nitrogens with two attached hydrogens (primary N) is 2. The minimum Gasteiger partial charge on any atom is -0.506 e. The zero-order chi connectivity index (χ0) is 37.1. The van der Waals surface area contributed by atoms with Crippen LogP contribution in [0.3, 0.4) is 0 Å². The van der Waals surface area contributed by atoms with Gasteiger partial charge in [0.1, 0.15) is 34.3 Å². The first-order valence-corrected chi connectivity index (χ1v) is 17.8. The molecule has 0 bridgehead atoms. The molecular formula is C32H27ClN8O8S2. The number of aromatic nitrogens is 2. The van der Waals surface area contributed by atoms with Crippen molar-refractivity contribution in [3.8, 4) is 22.9 Å². The Morgan fingerprint density at radius 3 is 1.94 bits per heavy atom. The highest BCUT2D eigenvalue weighted by Crippen LogP contribution is 2.38. The third-order valence-corrected chi connectivity index (χ3v) is 9.11. The number of aromatic amines is 1. The molecule has 0 aliphatic rings. The Balaban J connectivity index is 0.000000199. The van der Waals surface area contributed by atoms with Gasteiger partial charge in [0.15, 0.2) is 5.69 Å². The highest BCUT2D eigenvalue weighted by atomic mass is 35.5. The van der Waals surface area contributed by atoms with Crippen molar-refractivity contribution >= 4 is 65.2 Å². The standard InChI is InChI=1S/C16H14ClN5O4S.C16H13N3O4S/c1-9-15(20-19-13-7-10(17)5-6-14(13)23)16(24)22(21-9)11-3-2-4-12(8-11)27(18,25)26;17-24(22,23)11-6-8-14(20)13(9-11)18-19-16-12-4-2-1-3-10(12)5-7-15(16)21/h2-8,21,23H,1H3,(H2,18,25,26);1-9,20-21H,(H2,17,22,23). The summed E-state index contributed by atoms with van der Waals surface area (Å²) < 4.78 is 46.9. The van der Waals surface area contributed by atoms with Gasteiger partial charge in [-0.1, -0.05) is 48.0 Å². The van der Waals surface area contributed by atoms with Crippen LogP contribution in [0.15, 0.2) is 132 Å². The molecule has 1 heterocycles. The van der Waals surface area contributed by atoms with Crippen molar-refractivity contribution in [3.63, 3.8) is 0 Å². The molecule has 0 fully saturated rings. The number of nitrogens with one attached hydrogen (secondary N) is 1. The van der Waals surface area contributed by atoms with Crippen LogP contribution in [0, 0.1) is 6.92 Å². The molecule has 0 aliphatic heterocycles. The highest BCUT2D eigenvalue weighted by Gasteiger charge is 2.16. The molecule has 6 rings (SSSR count). The van der Waals surface area contributed by atoms with Crippen molar-refractivity contribution in [2.24, 2.45) is 30.7 Å². The van der Waals surface area contributed by atoms with Crippen molar-refractivity contribution in [1.29, 1.82) is 0 Å². The minimum absolute atomic E-state index is 0.00427. The van der Waals surface area contributed by atoms with Crippen molar-refractivity contribution in [1.82, 2.24) is 9.78 Å². The van der Waals surface area contributed by atoms with Crippen LogP contribution in [-0.4, -0.2) is 41.9 Å². The molecule has 6 aromatic rings. The number of hydrogen-bond donors (Lipinski definition) is 6. The van der Waals surface area contributed by atoms with E-state index in [1.807, 2.05) is 12.1 Å². The molecule has 0 saturated heterocycles. The summed E-state index contributed by atoms with van der Waals surface area (Å²) in [7, 11) is -7.85. The van der Waals surface area contributed by atoms with Gasteiger partial charge in [-0.2, -0.15) is 0 Å². The summed E-state index contributed by atoms with van der Waals surface area (Å²) >= 11 is 5.85. The average Bonchev–Trinajstić information content (AvgIpc) is 3.37. The minimum atomic E-state index is -3.93. The van der Waals surface area contributed by atoms with E-state index in [4.69, 9.17) is 21.9 Å². The normalized spacial score (nSPS) is 12.0. The molecule has 19 heteroatoms. The molecule has 1 aromatic heterocycles. The molecule has 0 aliphatic carbocycles. The van der Waals surface area contributed by atoms with Gasteiger partial charge in [-0.3, -0.25) is 9.89 Å². The number of phenolic OH excluding ortho intramolecular Hbond substituents is 3. The Labute approximate surface area is 294 Å².